The van der Waals surface area contributed by atoms with E-state index in [0.717, 1.165) is 68.8 Å². The maximum Gasteiger partial charge on any atom is 0.194 e. The van der Waals surface area contributed by atoms with Gasteiger partial charge in [-0.3, -0.25) is 4.99 Å². The molecule has 0 aliphatic carbocycles. The molecule has 0 spiro atoms. The first-order chi connectivity index (χ1) is 14.5. The Labute approximate surface area is 179 Å². The summed E-state index contributed by atoms with van der Waals surface area (Å²) in [6.45, 7) is 10.6. The molecule has 2 aromatic rings. The molecule has 8 nitrogen and oxygen atoms in total. The summed E-state index contributed by atoms with van der Waals surface area (Å²) in [6, 6.07) is 4.19. The number of methoxy groups -OCH3 is 2. The van der Waals surface area contributed by atoms with Crippen molar-refractivity contribution in [3.8, 4) is 11.5 Å². The van der Waals surface area contributed by atoms with Crippen LogP contribution in [0.15, 0.2) is 23.5 Å². The van der Waals surface area contributed by atoms with Gasteiger partial charge in [-0.1, -0.05) is 20.8 Å². The molecule has 1 aliphatic rings. The van der Waals surface area contributed by atoms with Gasteiger partial charge >= 0.3 is 0 Å². The Bertz CT molecular complexity index is 861. The number of benzene rings is 1. The van der Waals surface area contributed by atoms with Crippen molar-refractivity contribution in [1.29, 1.82) is 0 Å². The molecule has 0 atom stereocenters. The van der Waals surface area contributed by atoms with Crippen LogP contribution in [0.25, 0.3) is 0 Å². The molecule has 1 N–H and O–H groups in total. The predicted molar refractivity (Wildman–Crippen MR) is 118 cm³/mol. The van der Waals surface area contributed by atoms with E-state index >= 15 is 0 Å². The third-order valence-electron chi connectivity index (χ3n) is 5.27. The van der Waals surface area contributed by atoms with Gasteiger partial charge in [0.25, 0.3) is 0 Å². The van der Waals surface area contributed by atoms with Crippen LogP contribution >= 0.6 is 0 Å². The minimum absolute atomic E-state index is 0.507. The standard InChI is InChI=1S/C22H34N6O2/c1-6-21-26-25-15-28(21)10-8-23-22(24-13-16(2)3)27-9-7-17-11-19(29-4)20(30-5)12-18(17)14-27/h11-12,15-16H,6-10,13-14H2,1-5H3,(H,23,24). The Morgan fingerprint density at radius 3 is 2.60 bits per heavy atom. The van der Waals surface area contributed by atoms with E-state index in [0.29, 0.717) is 5.92 Å². The van der Waals surface area contributed by atoms with Gasteiger partial charge in [0.1, 0.15) is 12.2 Å². The summed E-state index contributed by atoms with van der Waals surface area (Å²) in [4.78, 5) is 7.22. The van der Waals surface area contributed by atoms with Gasteiger partial charge in [0, 0.05) is 39.1 Å². The molecular formula is C22H34N6O2. The number of fused-ring (bicyclic) bond motifs is 1. The summed E-state index contributed by atoms with van der Waals surface area (Å²) in [7, 11) is 3.36. The van der Waals surface area contributed by atoms with E-state index in [1.54, 1.807) is 20.5 Å². The van der Waals surface area contributed by atoms with E-state index in [2.05, 4.69) is 57.9 Å². The molecule has 3 rings (SSSR count). The molecule has 2 heterocycles. The van der Waals surface area contributed by atoms with E-state index in [4.69, 9.17) is 14.5 Å². The fraction of sp³-hybridized carbons (Fsp3) is 0.591. The van der Waals surface area contributed by atoms with E-state index < -0.39 is 0 Å². The highest BCUT2D eigenvalue weighted by Gasteiger charge is 2.22. The Balaban J connectivity index is 1.72. The van der Waals surface area contributed by atoms with Crippen molar-refractivity contribution in [2.24, 2.45) is 10.9 Å². The first-order valence-electron chi connectivity index (χ1n) is 10.7. The van der Waals surface area contributed by atoms with Gasteiger partial charge in [-0.05, 0) is 35.6 Å². The number of hydrogen-bond acceptors (Lipinski definition) is 5. The number of aliphatic imine (C=N–C) groups is 1. The van der Waals surface area contributed by atoms with Crippen molar-refractivity contribution in [2.45, 2.75) is 46.7 Å². The van der Waals surface area contributed by atoms with E-state index in [1.807, 2.05) is 0 Å². The van der Waals surface area contributed by atoms with E-state index in [-0.39, 0.29) is 0 Å². The van der Waals surface area contributed by atoms with Crippen molar-refractivity contribution in [1.82, 2.24) is 25.0 Å². The van der Waals surface area contributed by atoms with Gasteiger partial charge in [-0.2, -0.15) is 0 Å². The quantitative estimate of drug-likeness (QED) is 0.528. The molecule has 1 aliphatic heterocycles. The van der Waals surface area contributed by atoms with Crippen molar-refractivity contribution in [3.63, 3.8) is 0 Å². The molecule has 0 radical (unpaired) electrons. The molecule has 30 heavy (non-hydrogen) atoms. The SMILES string of the molecule is CCc1nncn1CCNC(=NCC(C)C)N1CCc2cc(OC)c(OC)cc2C1. The van der Waals surface area contributed by atoms with Crippen LogP contribution in [0.3, 0.4) is 0 Å². The topological polar surface area (TPSA) is 76.8 Å². The third-order valence-corrected chi connectivity index (χ3v) is 5.27. The van der Waals surface area contributed by atoms with Crippen LogP contribution in [0.2, 0.25) is 0 Å². The number of nitrogens with zero attached hydrogens (tertiary/aromatic N) is 5. The fourth-order valence-corrected chi connectivity index (χ4v) is 3.63. The van der Waals surface area contributed by atoms with Crippen molar-refractivity contribution in [2.75, 3.05) is 33.9 Å². The summed E-state index contributed by atoms with van der Waals surface area (Å²) >= 11 is 0. The Kier molecular flexibility index (Phi) is 7.54. The number of guanidine groups is 1. The average Bonchev–Trinajstić information content (AvgIpc) is 3.22. The van der Waals surface area contributed by atoms with Gasteiger partial charge in [0.2, 0.25) is 0 Å². The normalized spacial score (nSPS) is 14.1. The lowest BCUT2D eigenvalue weighted by Gasteiger charge is -2.32. The molecule has 1 aromatic heterocycles. The second-order valence-corrected chi connectivity index (χ2v) is 7.93. The smallest absolute Gasteiger partial charge is 0.194 e. The number of aromatic nitrogens is 3. The second-order valence-electron chi connectivity index (χ2n) is 7.93. The average molecular weight is 415 g/mol. The number of nitrogens with one attached hydrogen (secondary N) is 1. The van der Waals surface area contributed by atoms with E-state index in [9.17, 15) is 0 Å². The molecule has 164 valence electrons. The zero-order valence-electron chi connectivity index (χ0n) is 18.8. The number of hydrogen-bond donors (Lipinski definition) is 1. The molecule has 1 aromatic carbocycles. The molecule has 0 amide bonds. The van der Waals surface area contributed by atoms with E-state index in [1.165, 1.54) is 11.1 Å². The highest BCUT2D eigenvalue weighted by molar-refractivity contribution is 5.80. The van der Waals surface area contributed by atoms with Crippen LogP contribution in [0.5, 0.6) is 11.5 Å². The molecule has 0 saturated heterocycles. The lowest BCUT2D eigenvalue weighted by Crippen LogP contribution is -2.45. The number of rotatable bonds is 8. The van der Waals surface area contributed by atoms with Crippen LogP contribution in [-0.4, -0.2) is 59.5 Å². The maximum absolute atomic E-state index is 5.50. The molecular weight excluding hydrogens is 380 g/mol. The van der Waals surface area contributed by atoms with Crippen molar-refractivity contribution < 1.29 is 9.47 Å². The van der Waals surface area contributed by atoms with Gasteiger partial charge in [-0.25, -0.2) is 0 Å². The largest absolute Gasteiger partial charge is 0.493 e. The van der Waals surface area contributed by atoms with Crippen LogP contribution in [0.4, 0.5) is 0 Å². The van der Waals surface area contributed by atoms with Crippen molar-refractivity contribution >= 4 is 5.96 Å². The lowest BCUT2D eigenvalue weighted by atomic mass is 9.99. The highest BCUT2D eigenvalue weighted by atomic mass is 16.5. The number of ether oxygens (including phenoxy) is 2. The zero-order valence-corrected chi connectivity index (χ0v) is 18.8. The Morgan fingerprint density at radius 2 is 1.93 bits per heavy atom. The van der Waals surface area contributed by atoms with Crippen LogP contribution in [-0.2, 0) is 25.9 Å². The summed E-state index contributed by atoms with van der Waals surface area (Å²) in [5.74, 6) is 4.03. The summed E-state index contributed by atoms with van der Waals surface area (Å²) in [5, 5.41) is 11.7. The monoisotopic (exact) mass is 414 g/mol. The third kappa shape index (κ3) is 5.23. The lowest BCUT2D eigenvalue weighted by molar-refractivity contribution is 0.345. The number of aryl methyl sites for hydroxylation is 1. The fourth-order valence-electron chi connectivity index (χ4n) is 3.63. The van der Waals surface area contributed by atoms with Gasteiger partial charge in [-0.15, -0.1) is 10.2 Å². The Morgan fingerprint density at radius 1 is 1.20 bits per heavy atom. The predicted octanol–water partition coefficient (Wildman–Crippen LogP) is 2.52. The molecule has 0 fully saturated rings. The summed E-state index contributed by atoms with van der Waals surface area (Å²) in [6.07, 6.45) is 3.62. The molecule has 0 bridgehead atoms. The summed E-state index contributed by atoms with van der Waals surface area (Å²) in [5.41, 5.74) is 2.56. The van der Waals surface area contributed by atoms with Crippen LogP contribution < -0.4 is 14.8 Å². The molecule has 8 heteroatoms. The van der Waals surface area contributed by atoms with Gasteiger partial charge < -0.3 is 24.3 Å². The van der Waals surface area contributed by atoms with Crippen LogP contribution in [0, 0.1) is 5.92 Å². The summed E-state index contributed by atoms with van der Waals surface area (Å²) < 4.78 is 13.1. The molecule has 0 unspecified atom stereocenters. The first kappa shape index (κ1) is 21.9. The Hall–Kier alpha value is -2.77. The maximum atomic E-state index is 5.50. The minimum atomic E-state index is 0.507. The molecule has 0 saturated carbocycles. The van der Waals surface area contributed by atoms with Crippen LogP contribution in [0.1, 0.15) is 37.7 Å². The second kappa shape index (κ2) is 10.3. The zero-order chi connectivity index (χ0) is 21.5. The van der Waals surface area contributed by atoms with Gasteiger partial charge in [0.05, 0.1) is 14.2 Å². The highest BCUT2D eigenvalue weighted by Crippen LogP contribution is 2.33. The van der Waals surface area contributed by atoms with Crippen molar-refractivity contribution in [3.05, 3.63) is 35.4 Å². The first-order valence-corrected chi connectivity index (χ1v) is 10.7. The minimum Gasteiger partial charge on any atom is -0.493 e. The van der Waals surface area contributed by atoms with Gasteiger partial charge in [0.15, 0.2) is 17.5 Å².